The second-order valence-electron chi connectivity index (χ2n) is 5.85. The van der Waals surface area contributed by atoms with Crippen molar-refractivity contribution in [2.45, 2.75) is 51.2 Å². The van der Waals surface area contributed by atoms with Crippen LogP contribution in [0.4, 0.5) is 0 Å². The molecule has 116 valence electrons. The van der Waals surface area contributed by atoms with Crippen molar-refractivity contribution in [3.63, 3.8) is 0 Å². The number of benzene rings is 1. The third-order valence-electron chi connectivity index (χ3n) is 4.30. The summed E-state index contributed by atoms with van der Waals surface area (Å²) < 4.78 is 5.32. The van der Waals surface area contributed by atoms with Crippen LogP contribution in [0.1, 0.15) is 50.6 Å². The van der Waals surface area contributed by atoms with Gasteiger partial charge in [-0.25, -0.2) is 0 Å². The highest BCUT2D eigenvalue weighted by Crippen LogP contribution is 2.28. The molecule has 0 aromatic heterocycles. The summed E-state index contributed by atoms with van der Waals surface area (Å²) in [6.45, 7) is 1.95. The van der Waals surface area contributed by atoms with Gasteiger partial charge in [0.05, 0.1) is 19.3 Å². The van der Waals surface area contributed by atoms with E-state index in [2.05, 4.69) is 5.32 Å². The molecule has 0 bridgehead atoms. The van der Waals surface area contributed by atoms with Crippen LogP contribution in [-0.2, 0) is 4.79 Å². The van der Waals surface area contributed by atoms with Crippen molar-refractivity contribution in [3.05, 3.63) is 29.8 Å². The van der Waals surface area contributed by atoms with Gasteiger partial charge in [0.25, 0.3) is 0 Å². The third-order valence-corrected chi connectivity index (χ3v) is 4.30. The number of hydrogen-bond acceptors (Lipinski definition) is 3. The lowest BCUT2D eigenvalue weighted by Gasteiger charge is -2.27. The van der Waals surface area contributed by atoms with E-state index in [4.69, 9.17) is 4.74 Å². The zero-order chi connectivity index (χ0) is 15.2. The van der Waals surface area contributed by atoms with Gasteiger partial charge in [0.15, 0.2) is 0 Å². The molecular weight excluding hydrogens is 266 g/mol. The topological polar surface area (TPSA) is 58.6 Å². The van der Waals surface area contributed by atoms with Gasteiger partial charge >= 0.3 is 0 Å². The maximum atomic E-state index is 12.2. The Morgan fingerprint density at radius 2 is 2.10 bits per heavy atom. The Morgan fingerprint density at radius 1 is 1.38 bits per heavy atom. The summed E-state index contributed by atoms with van der Waals surface area (Å²) in [6, 6.07) is 7.59. The average molecular weight is 291 g/mol. The predicted molar refractivity (Wildman–Crippen MR) is 82.1 cm³/mol. The number of carbonyl (C=O) groups is 1. The van der Waals surface area contributed by atoms with Gasteiger partial charge in [0.2, 0.25) is 5.91 Å². The van der Waals surface area contributed by atoms with E-state index in [1.807, 2.05) is 31.2 Å². The molecule has 0 spiro atoms. The predicted octanol–water partition coefficient (Wildman–Crippen LogP) is 2.81. The van der Waals surface area contributed by atoms with Crippen molar-refractivity contribution < 1.29 is 14.6 Å². The van der Waals surface area contributed by atoms with Gasteiger partial charge in [-0.15, -0.1) is 0 Å². The maximum absolute atomic E-state index is 12.2. The number of amides is 1. The van der Waals surface area contributed by atoms with E-state index in [-0.39, 0.29) is 24.0 Å². The van der Waals surface area contributed by atoms with Crippen LogP contribution in [0.5, 0.6) is 5.75 Å². The number of para-hydroxylation sites is 1. The van der Waals surface area contributed by atoms with Crippen LogP contribution in [0.25, 0.3) is 0 Å². The quantitative estimate of drug-likeness (QED) is 0.877. The van der Waals surface area contributed by atoms with Crippen molar-refractivity contribution in [2.75, 3.05) is 7.11 Å². The van der Waals surface area contributed by atoms with E-state index in [1.54, 1.807) is 7.11 Å². The van der Waals surface area contributed by atoms with Crippen molar-refractivity contribution >= 4 is 5.91 Å². The molecule has 1 fully saturated rings. The normalized spacial score (nSPS) is 23.4. The summed E-state index contributed by atoms with van der Waals surface area (Å²) in [7, 11) is 1.63. The van der Waals surface area contributed by atoms with Crippen LogP contribution in [0.15, 0.2) is 24.3 Å². The standard InChI is InChI=1S/C17H25NO3/c1-12(14-8-4-6-10-16(14)21-2)18-17(20)11-13-7-3-5-9-15(13)19/h4,6,8,10,12-13,15,19H,3,5,7,9,11H2,1-2H3,(H,18,20)/t12-,13-,15+/m0/s1. The van der Waals surface area contributed by atoms with Gasteiger partial charge in [-0.05, 0) is 31.7 Å². The molecule has 2 rings (SSSR count). The van der Waals surface area contributed by atoms with Gasteiger partial charge in [-0.2, -0.15) is 0 Å². The molecule has 1 saturated carbocycles. The monoisotopic (exact) mass is 291 g/mol. The first-order valence-electron chi connectivity index (χ1n) is 7.72. The summed E-state index contributed by atoms with van der Waals surface area (Å²) >= 11 is 0. The summed E-state index contributed by atoms with van der Waals surface area (Å²) in [6.07, 6.45) is 4.01. The molecule has 4 heteroatoms. The van der Waals surface area contributed by atoms with Crippen LogP contribution in [0.3, 0.4) is 0 Å². The Labute approximate surface area is 126 Å². The molecule has 0 radical (unpaired) electrons. The Kier molecular flexibility index (Phi) is 5.62. The van der Waals surface area contributed by atoms with Crippen molar-refractivity contribution in [3.8, 4) is 5.75 Å². The van der Waals surface area contributed by atoms with Crippen LogP contribution in [-0.4, -0.2) is 24.2 Å². The first-order valence-corrected chi connectivity index (χ1v) is 7.72. The lowest BCUT2D eigenvalue weighted by molar-refractivity contribution is -0.124. The number of hydrogen-bond donors (Lipinski definition) is 2. The van der Waals surface area contributed by atoms with E-state index in [0.717, 1.165) is 37.0 Å². The second kappa shape index (κ2) is 7.46. The fourth-order valence-corrected chi connectivity index (χ4v) is 3.07. The number of aliphatic hydroxyl groups is 1. The fourth-order valence-electron chi connectivity index (χ4n) is 3.07. The molecular formula is C17H25NO3. The third kappa shape index (κ3) is 4.21. The smallest absolute Gasteiger partial charge is 0.220 e. The minimum atomic E-state index is -0.328. The summed E-state index contributed by atoms with van der Waals surface area (Å²) in [5.74, 6) is 0.881. The van der Waals surface area contributed by atoms with Gasteiger partial charge < -0.3 is 15.2 Å². The van der Waals surface area contributed by atoms with Crippen molar-refractivity contribution in [1.29, 1.82) is 0 Å². The maximum Gasteiger partial charge on any atom is 0.220 e. The van der Waals surface area contributed by atoms with Crippen LogP contribution in [0, 0.1) is 5.92 Å². The number of ether oxygens (including phenoxy) is 1. The van der Waals surface area contributed by atoms with Crippen LogP contribution in [0.2, 0.25) is 0 Å². The minimum Gasteiger partial charge on any atom is -0.496 e. The highest BCUT2D eigenvalue weighted by Gasteiger charge is 2.26. The van der Waals surface area contributed by atoms with Crippen molar-refractivity contribution in [2.24, 2.45) is 5.92 Å². The Balaban J connectivity index is 1.92. The first-order chi connectivity index (χ1) is 10.1. The largest absolute Gasteiger partial charge is 0.496 e. The molecule has 0 heterocycles. The summed E-state index contributed by atoms with van der Waals surface area (Å²) in [5, 5.41) is 13.0. The summed E-state index contributed by atoms with van der Waals surface area (Å²) in [5.41, 5.74) is 0.970. The van der Waals surface area contributed by atoms with E-state index < -0.39 is 0 Å². The van der Waals surface area contributed by atoms with Gasteiger partial charge in [-0.1, -0.05) is 31.0 Å². The SMILES string of the molecule is COc1ccccc1[C@H](C)NC(=O)C[C@@H]1CCCC[C@H]1O. The zero-order valence-corrected chi connectivity index (χ0v) is 12.8. The van der Waals surface area contributed by atoms with Gasteiger partial charge in [-0.3, -0.25) is 4.79 Å². The highest BCUT2D eigenvalue weighted by atomic mass is 16.5. The number of carbonyl (C=O) groups excluding carboxylic acids is 1. The van der Waals surface area contributed by atoms with Crippen LogP contribution >= 0.6 is 0 Å². The number of rotatable bonds is 5. The number of nitrogens with one attached hydrogen (secondary N) is 1. The molecule has 1 aliphatic carbocycles. The van der Waals surface area contributed by atoms with E-state index in [9.17, 15) is 9.90 Å². The molecule has 1 aromatic rings. The Morgan fingerprint density at radius 3 is 2.81 bits per heavy atom. The van der Waals surface area contributed by atoms with E-state index >= 15 is 0 Å². The Bertz CT molecular complexity index is 475. The lowest BCUT2D eigenvalue weighted by atomic mass is 9.84. The molecule has 21 heavy (non-hydrogen) atoms. The average Bonchev–Trinajstić information content (AvgIpc) is 2.49. The second-order valence-corrected chi connectivity index (χ2v) is 5.85. The molecule has 4 nitrogen and oxygen atoms in total. The molecule has 1 aliphatic rings. The van der Waals surface area contributed by atoms with Gasteiger partial charge in [0, 0.05) is 12.0 Å². The molecule has 1 aromatic carbocycles. The fraction of sp³-hybridized carbons (Fsp3) is 0.588. The molecule has 0 saturated heterocycles. The van der Waals surface area contributed by atoms with Gasteiger partial charge in [0.1, 0.15) is 5.75 Å². The number of methoxy groups -OCH3 is 1. The molecule has 0 unspecified atom stereocenters. The summed E-state index contributed by atoms with van der Waals surface area (Å²) in [4.78, 5) is 12.2. The van der Waals surface area contributed by atoms with E-state index in [0.29, 0.717) is 6.42 Å². The Hall–Kier alpha value is -1.55. The highest BCUT2D eigenvalue weighted by molar-refractivity contribution is 5.76. The minimum absolute atomic E-state index is 0.000596. The molecule has 1 amide bonds. The zero-order valence-electron chi connectivity index (χ0n) is 12.8. The lowest BCUT2D eigenvalue weighted by Crippen LogP contribution is -2.33. The number of aliphatic hydroxyl groups excluding tert-OH is 1. The molecule has 3 atom stereocenters. The molecule has 2 N–H and O–H groups in total. The first kappa shape index (κ1) is 15.8. The molecule has 0 aliphatic heterocycles. The van der Waals surface area contributed by atoms with Crippen molar-refractivity contribution in [1.82, 2.24) is 5.32 Å². The van der Waals surface area contributed by atoms with E-state index in [1.165, 1.54) is 0 Å². The van der Waals surface area contributed by atoms with Crippen LogP contribution < -0.4 is 10.1 Å².